The molecule has 7 heteroatoms. The minimum absolute atomic E-state index is 0.132. The van der Waals surface area contributed by atoms with Crippen molar-refractivity contribution in [3.05, 3.63) is 119 Å². The van der Waals surface area contributed by atoms with E-state index in [1.807, 2.05) is 56.3 Å². The second-order valence-corrected chi connectivity index (χ2v) is 9.81. The maximum atomic E-state index is 13.7. The van der Waals surface area contributed by atoms with Crippen LogP contribution in [0, 0.1) is 13.8 Å². The third-order valence-corrected chi connectivity index (χ3v) is 6.76. The summed E-state index contributed by atoms with van der Waals surface area (Å²) in [5.41, 5.74) is 2.40. The Balaban J connectivity index is 1.65. The van der Waals surface area contributed by atoms with Crippen molar-refractivity contribution in [2.75, 3.05) is 4.72 Å². The summed E-state index contributed by atoms with van der Waals surface area (Å²) in [4.78, 5) is 15.5. The van der Waals surface area contributed by atoms with Crippen LogP contribution in [0.5, 0.6) is 0 Å². The van der Waals surface area contributed by atoms with Gasteiger partial charge in [-0.1, -0.05) is 60.2 Å². The summed E-state index contributed by atoms with van der Waals surface area (Å²) in [6.07, 6.45) is 0. The van der Waals surface area contributed by atoms with Gasteiger partial charge in [0.05, 0.1) is 22.7 Å². The minimum Gasteiger partial charge on any atom is -0.464 e. The number of hydrogen-bond acceptors (Lipinski definition) is 4. The van der Waals surface area contributed by atoms with Crippen LogP contribution in [0.4, 0.5) is 5.69 Å². The fourth-order valence-electron chi connectivity index (χ4n) is 3.61. The van der Waals surface area contributed by atoms with Crippen LogP contribution in [0.1, 0.15) is 33.0 Å². The summed E-state index contributed by atoms with van der Waals surface area (Å²) in [6, 6.07) is 26.5. The molecule has 0 bridgehead atoms. The van der Waals surface area contributed by atoms with Crippen molar-refractivity contribution in [3.63, 3.8) is 0 Å². The number of para-hydroxylation sites is 1. The predicted molar refractivity (Wildman–Crippen MR) is 132 cm³/mol. The molecule has 0 aliphatic rings. The Morgan fingerprint density at radius 3 is 2.18 bits per heavy atom. The zero-order valence-corrected chi connectivity index (χ0v) is 19.9. The van der Waals surface area contributed by atoms with Crippen LogP contribution in [-0.2, 0) is 23.1 Å². The molecule has 0 fully saturated rings. The molecule has 1 amide bonds. The van der Waals surface area contributed by atoms with Crippen molar-refractivity contribution in [3.8, 4) is 0 Å². The number of sulfonamides is 1. The lowest BCUT2D eigenvalue weighted by atomic mass is 10.1. The molecule has 1 N–H and O–H groups in total. The number of carbonyl (C=O) groups excluding carboxylic acids is 1. The fraction of sp³-hybridized carbons (Fsp3) is 0.148. The number of benzene rings is 3. The Morgan fingerprint density at radius 2 is 1.50 bits per heavy atom. The molecule has 1 aromatic heterocycles. The summed E-state index contributed by atoms with van der Waals surface area (Å²) in [5, 5.41) is 0. The van der Waals surface area contributed by atoms with Gasteiger partial charge in [-0.25, -0.2) is 8.42 Å². The Bertz CT molecular complexity index is 1380. The minimum atomic E-state index is -3.87. The van der Waals surface area contributed by atoms with Gasteiger partial charge in [0.2, 0.25) is 0 Å². The van der Waals surface area contributed by atoms with E-state index in [1.54, 1.807) is 53.4 Å². The van der Waals surface area contributed by atoms with E-state index >= 15 is 0 Å². The van der Waals surface area contributed by atoms with E-state index in [9.17, 15) is 13.2 Å². The molecule has 34 heavy (non-hydrogen) atoms. The Labute approximate surface area is 199 Å². The summed E-state index contributed by atoms with van der Waals surface area (Å²) >= 11 is 0. The second-order valence-electron chi connectivity index (χ2n) is 8.12. The summed E-state index contributed by atoms with van der Waals surface area (Å²) in [6.45, 7) is 4.33. The smallest absolute Gasteiger partial charge is 0.261 e. The highest BCUT2D eigenvalue weighted by molar-refractivity contribution is 7.92. The van der Waals surface area contributed by atoms with Crippen molar-refractivity contribution in [1.82, 2.24) is 4.90 Å². The molecule has 174 valence electrons. The molecule has 1 heterocycles. The van der Waals surface area contributed by atoms with Gasteiger partial charge in [-0.15, -0.1) is 0 Å². The molecule has 0 saturated carbocycles. The number of nitrogens with one attached hydrogen (secondary N) is 1. The first kappa shape index (κ1) is 23.3. The number of furan rings is 1. The maximum absolute atomic E-state index is 13.7. The topological polar surface area (TPSA) is 79.6 Å². The molecule has 0 spiro atoms. The number of nitrogens with zero attached hydrogens (tertiary/aromatic N) is 1. The van der Waals surface area contributed by atoms with Crippen molar-refractivity contribution in [1.29, 1.82) is 0 Å². The lowest BCUT2D eigenvalue weighted by molar-refractivity contribution is 0.0718. The van der Waals surface area contributed by atoms with Gasteiger partial charge in [0.15, 0.2) is 0 Å². The molecule has 0 radical (unpaired) electrons. The van der Waals surface area contributed by atoms with Gasteiger partial charge in [-0.3, -0.25) is 9.52 Å². The zero-order valence-electron chi connectivity index (χ0n) is 19.1. The molecule has 0 aliphatic heterocycles. The number of rotatable bonds is 8. The Morgan fingerprint density at radius 1 is 0.824 bits per heavy atom. The molecule has 6 nitrogen and oxygen atoms in total. The van der Waals surface area contributed by atoms with Crippen LogP contribution in [-0.4, -0.2) is 19.2 Å². The van der Waals surface area contributed by atoms with Gasteiger partial charge in [-0.2, -0.15) is 0 Å². The second kappa shape index (κ2) is 9.97. The van der Waals surface area contributed by atoms with Crippen molar-refractivity contribution < 1.29 is 17.6 Å². The highest BCUT2D eigenvalue weighted by Gasteiger charge is 2.23. The highest BCUT2D eigenvalue weighted by atomic mass is 32.2. The summed E-state index contributed by atoms with van der Waals surface area (Å²) in [5.74, 6) is 1.10. The quantitative estimate of drug-likeness (QED) is 0.364. The van der Waals surface area contributed by atoms with E-state index in [-0.39, 0.29) is 28.6 Å². The maximum Gasteiger partial charge on any atom is 0.261 e. The SMILES string of the molecule is Cc1ccc(S(=O)(=O)Nc2ccccc2C(=O)N(Cc2ccccc2)Cc2ccc(C)o2)cc1. The summed E-state index contributed by atoms with van der Waals surface area (Å²) in [7, 11) is -3.87. The predicted octanol–water partition coefficient (Wildman–Crippen LogP) is 5.54. The zero-order chi connectivity index (χ0) is 24.1. The lowest BCUT2D eigenvalue weighted by Crippen LogP contribution is -2.31. The molecule has 0 atom stereocenters. The molecular weight excluding hydrogens is 448 g/mol. The van der Waals surface area contributed by atoms with Gasteiger partial charge >= 0.3 is 0 Å². The van der Waals surface area contributed by atoms with Crippen LogP contribution in [0.2, 0.25) is 0 Å². The van der Waals surface area contributed by atoms with E-state index in [4.69, 9.17) is 4.42 Å². The van der Waals surface area contributed by atoms with Crippen molar-refractivity contribution >= 4 is 21.6 Å². The number of anilines is 1. The molecule has 3 aromatic carbocycles. The number of carbonyl (C=O) groups is 1. The molecule has 0 unspecified atom stereocenters. The summed E-state index contributed by atoms with van der Waals surface area (Å²) < 4.78 is 34.3. The average Bonchev–Trinajstić information content (AvgIpc) is 3.24. The van der Waals surface area contributed by atoms with E-state index < -0.39 is 10.0 Å². The van der Waals surface area contributed by atoms with Crippen molar-refractivity contribution in [2.45, 2.75) is 31.8 Å². The van der Waals surface area contributed by atoms with E-state index in [0.717, 1.165) is 16.9 Å². The van der Waals surface area contributed by atoms with Crippen LogP contribution >= 0.6 is 0 Å². The third-order valence-electron chi connectivity index (χ3n) is 5.38. The number of amides is 1. The van der Waals surface area contributed by atoms with Crippen LogP contribution in [0.3, 0.4) is 0 Å². The monoisotopic (exact) mass is 474 g/mol. The van der Waals surface area contributed by atoms with Crippen LogP contribution < -0.4 is 4.72 Å². The first-order valence-electron chi connectivity index (χ1n) is 10.9. The standard InChI is InChI=1S/C27H26N2O4S/c1-20-12-16-24(17-13-20)34(31,32)28-26-11-7-6-10-25(26)27(30)29(18-22-8-4-3-5-9-22)19-23-15-14-21(2)33-23/h3-17,28H,18-19H2,1-2H3. The molecule has 0 aliphatic carbocycles. The van der Waals surface area contributed by atoms with Gasteiger partial charge in [0.1, 0.15) is 11.5 Å². The van der Waals surface area contributed by atoms with Crippen LogP contribution in [0.25, 0.3) is 0 Å². The molecule has 4 aromatic rings. The lowest BCUT2D eigenvalue weighted by Gasteiger charge is -2.23. The number of aryl methyl sites for hydroxylation is 2. The van der Waals surface area contributed by atoms with Gasteiger partial charge < -0.3 is 9.32 Å². The first-order chi connectivity index (χ1) is 16.3. The fourth-order valence-corrected chi connectivity index (χ4v) is 4.69. The molecular formula is C27H26N2O4S. The Kier molecular flexibility index (Phi) is 6.84. The van der Waals surface area contributed by atoms with Gasteiger partial charge in [-0.05, 0) is 55.8 Å². The van der Waals surface area contributed by atoms with Crippen molar-refractivity contribution in [2.24, 2.45) is 0 Å². The average molecular weight is 475 g/mol. The first-order valence-corrected chi connectivity index (χ1v) is 12.4. The largest absolute Gasteiger partial charge is 0.464 e. The molecule has 0 saturated heterocycles. The van der Waals surface area contributed by atoms with Gasteiger partial charge in [0, 0.05) is 6.54 Å². The number of hydrogen-bond donors (Lipinski definition) is 1. The molecule has 4 rings (SSSR count). The van der Waals surface area contributed by atoms with E-state index in [1.165, 1.54) is 0 Å². The van der Waals surface area contributed by atoms with Gasteiger partial charge in [0.25, 0.3) is 15.9 Å². The van der Waals surface area contributed by atoms with Crippen LogP contribution in [0.15, 0.2) is 100 Å². The third kappa shape index (κ3) is 5.55. The van der Waals surface area contributed by atoms with E-state index in [2.05, 4.69) is 4.72 Å². The normalized spacial score (nSPS) is 11.2. The highest BCUT2D eigenvalue weighted by Crippen LogP contribution is 2.24. The van der Waals surface area contributed by atoms with E-state index in [0.29, 0.717) is 12.3 Å². The Hall–Kier alpha value is -3.84.